The molecule has 2 heterocycles. The Labute approximate surface area is 171 Å². The number of carbonyl (C=O) groups is 1. The fourth-order valence-corrected chi connectivity index (χ4v) is 3.13. The molecule has 1 saturated heterocycles. The van der Waals surface area contributed by atoms with E-state index in [1.165, 1.54) is 0 Å². The third-order valence-electron chi connectivity index (χ3n) is 4.72. The number of rotatable bonds is 8. The van der Waals surface area contributed by atoms with Crippen LogP contribution < -0.4 is 20.1 Å². The van der Waals surface area contributed by atoms with Gasteiger partial charge in [0.25, 0.3) is 0 Å². The second kappa shape index (κ2) is 10.6. The van der Waals surface area contributed by atoms with Crippen molar-refractivity contribution in [2.45, 2.75) is 13.0 Å². The second-order valence-corrected chi connectivity index (χ2v) is 6.76. The Hall–Kier alpha value is -2.84. The largest absolute Gasteiger partial charge is 0.493 e. The molecule has 1 aromatic carbocycles. The number of morpholine rings is 1. The number of carbonyl (C=O) groups excluding carboxylic acids is 1. The van der Waals surface area contributed by atoms with Crippen LogP contribution in [-0.2, 0) is 17.7 Å². The molecule has 2 aromatic rings. The molecule has 1 aliphatic heterocycles. The highest BCUT2D eigenvalue weighted by Crippen LogP contribution is 2.27. The van der Waals surface area contributed by atoms with Crippen molar-refractivity contribution in [3.8, 4) is 11.5 Å². The summed E-state index contributed by atoms with van der Waals surface area (Å²) in [5, 5.41) is 5.60. The lowest BCUT2D eigenvalue weighted by molar-refractivity contribution is 0.0341. The van der Waals surface area contributed by atoms with Crippen molar-refractivity contribution in [1.29, 1.82) is 0 Å². The molecule has 2 amide bonds. The summed E-state index contributed by atoms with van der Waals surface area (Å²) in [6.45, 7) is 4.75. The van der Waals surface area contributed by atoms with Crippen LogP contribution in [-0.4, -0.2) is 63.0 Å². The smallest absolute Gasteiger partial charge is 0.320 e. The van der Waals surface area contributed by atoms with Crippen molar-refractivity contribution in [2.75, 3.05) is 52.4 Å². The summed E-state index contributed by atoms with van der Waals surface area (Å²) in [6.07, 6.45) is 2.48. The molecule has 0 aliphatic carbocycles. The minimum Gasteiger partial charge on any atom is -0.493 e. The van der Waals surface area contributed by atoms with Gasteiger partial charge in [-0.05, 0) is 35.7 Å². The van der Waals surface area contributed by atoms with Crippen LogP contribution in [0, 0.1) is 0 Å². The van der Waals surface area contributed by atoms with Gasteiger partial charge in [0.2, 0.25) is 0 Å². The maximum atomic E-state index is 12.1. The molecule has 1 aromatic heterocycles. The molecule has 8 heteroatoms. The normalized spacial score (nSPS) is 14.3. The highest BCUT2D eigenvalue weighted by atomic mass is 16.5. The van der Waals surface area contributed by atoms with E-state index in [9.17, 15) is 4.79 Å². The first-order chi connectivity index (χ1) is 14.2. The van der Waals surface area contributed by atoms with E-state index in [1.54, 1.807) is 20.4 Å². The minimum atomic E-state index is -0.279. The fraction of sp³-hybridized carbons (Fsp3) is 0.429. The Morgan fingerprint density at radius 3 is 2.55 bits per heavy atom. The molecule has 0 saturated carbocycles. The van der Waals surface area contributed by atoms with Gasteiger partial charge in [0.05, 0.1) is 27.4 Å². The van der Waals surface area contributed by atoms with Crippen LogP contribution in [0.2, 0.25) is 0 Å². The number of pyridine rings is 1. The van der Waals surface area contributed by atoms with Gasteiger partial charge < -0.3 is 19.5 Å². The number of urea groups is 1. The molecule has 8 nitrogen and oxygen atoms in total. The maximum absolute atomic E-state index is 12.1. The molecular weight excluding hydrogens is 372 g/mol. The first kappa shape index (κ1) is 20.9. The standard InChI is InChI=1S/C21H28N4O4/c1-27-18-5-3-16(13-19(18)28-2)7-8-22-21(26)24-20-6-4-17(14-23-20)15-25-9-11-29-12-10-25/h3-6,13-14H,7-12,15H2,1-2H3,(H2,22,23,24,26). The summed E-state index contributed by atoms with van der Waals surface area (Å²) < 4.78 is 15.9. The number of aromatic nitrogens is 1. The number of anilines is 1. The van der Waals surface area contributed by atoms with Gasteiger partial charge in [0.15, 0.2) is 11.5 Å². The molecule has 2 N–H and O–H groups in total. The summed E-state index contributed by atoms with van der Waals surface area (Å²) >= 11 is 0. The molecular formula is C21H28N4O4. The number of nitrogens with zero attached hydrogens (tertiary/aromatic N) is 2. The van der Waals surface area contributed by atoms with Crippen LogP contribution in [0.3, 0.4) is 0 Å². The third kappa shape index (κ3) is 6.33. The number of ether oxygens (including phenoxy) is 3. The van der Waals surface area contributed by atoms with E-state index in [1.807, 2.05) is 30.3 Å². The van der Waals surface area contributed by atoms with Gasteiger partial charge in [-0.25, -0.2) is 9.78 Å². The van der Waals surface area contributed by atoms with Crippen molar-refractivity contribution < 1.29 is 19.0 Å². The van der Waals surface area contributed by atoms with Crippen LogP contribution in [0.15, 0.2) is 36.5 Å². The van der Waals surface area contributed by atoms with E-state index < -0.39 is 0 Å². The maximum Gasteiger partial charge on any atom is 0.320 e. The predicted molar refractivity (Wildman–Crippen MR) is 111 cm³/mol. The van der Waals surface area contributed by atoms with Gasteiger partial charge in [-0.3, -0.25) is 10.2 Å². The zero-order valence-corrected chi connectivity index (χ0v) is 16.9. The summed E-state index contributed by atoms with van der Waals surface area (Å²) in [5.74, 6) is 1.89. The van der Waals surface area contributed by atoms with Gasteiger partial charge in [-0.2, -0.15) is 0 Å². The molecule has 0 unspecified atom stereocenters. The average Bonchev–Trinajstić information content (AvgIpc) is 2.75. The van der Waals surface area contributed by atoms with Crippen molar-refractivity contribution >= 4 is 11.8 Å². The fourth-order valence-electron chi connectivity index (χ4n) is 3.13. The summed E-state index contributed by atoms with van der Waals surface area (Å²) in [4.78, 5) is 18.8. The van der Waals surface area contributed by atoms with Gasteiger partial charge in [0.1, 0.15) is 5.82 Å². The van der Waals surface area contributed by atoms with Crippen molar-refractivity contribution in [1.82, 2.24) is 15.2 Å². The Morgan fingerprint density at radius 1 is 1.10 bits per heavy atom. The predicted octanol–water partition coefficient (Wildman–Crippen LogP) is 2.30. The monoisotopic (exact) mass is 400 g/mol. The first-order valence-corrected chi connectivity index (χ1v) is 9.68. The Kier molecular flexibility index (Phi) is 7.66. The molecule has 3 rings (SSSR count). The van der Waals surface area contributed by atoms with Gasteiger partial charge in [0, 0.05) is 32.4 Å². The molecule has 156 valence electrons. The van der Waals surface area contributed by atoms with Gasteiger partial charge in [-0.15, -0.1) is 0 Å². The quantitative estimate of drug-likeness (QED) is 0.707. The van der Waals surface area contributed by atoms with E-state index in [4.69, 9.17) is 14.2 Å². The van der Waals surface area contributed by atoms with E-state index in [0.29, 0.717) is 30.3 Å². The average molecular weight is 400 g/mol. The van der Waals surface area contributed by atoms with Gasteiger partial charge >= 0.3 is 6.03 Å². The van der Waals surface area contributed by atoms with E-state index >= 15 is 0 Å². The van der Waals surface area contributed by atoms with Crippen molar-refractivity contribution in [3.05, 3.63) is 47.7 Å². The first-order valence-electron chi connectivity index (χ1n) is 9.68. The van der Waals surface area contributed by atoms with Crippen molar-refractivity contribution in [2.24, 2.45) is 0 Å². The summed E-state index contributed by atoms with van der Waals surface area (Å²) in [5.41, 5.74) is 2.17. The molecule has 0 radical (unpaired) electrons. The van der Waals surface area contributed by atoms with E-state index in [-0.39, 0.29) is 6.03 Å². The SMILES string of the molecule is COc1ccc(CCNC(=O)Nc2ccc(CN3CCOCC3)cn2)cc1OC. The summed E-state index contributed by atoms with van der Waals surface area (Å²) in [7, 11) is 3.21. The van der Waals surface area contributed by atoms with Crippen LogP contribution >= 0.6 is 0 Å². The van der Waals surface area contributed by atoms with Crippen LogP contribution in [0.25, 0.3) is 0 Å². The highest BCUT2D eigenvalue weighted by molar-refractivity contribution is 5.88. The molecule has 1 aliphatic rings. The highest BCUT2D eigenvalue weighted by Gasteiger charge is 2.11. The lowest BCUT2D eigenvalue weighted by Crippen LogP contribution is -2.35. The van der Waals surface area contributed by atoms with Gasteiger partial charge in [-0.1, -0.05) is 12.1 Å². The van der Waals surface area contributed by atoms with Crippen LogP contribution in [0.5, 0.6) is 11.5 Å². The number of amides is 2. The number of nitrogens with one attached hydrogen (secondary N) is 2. The minimum absolute atomic E-state index is 0.279. The van der Waals surface area contributed by atoms with E-state index in [0.717, 1.165) is 44.0 Å². The topological polar surface area (TPSA) is 85.0 Å². The molecule has 0 spiro atoms. The molecule has 0 atom stereocenters. The Bertz CT molecular complexity index is 792. The van der Waals surface area contributed by atoms with Crippen molar-refractivity contribution in [3.63, 3.8) is 0 Å². The van der Waals surface area contributed by atoms with E-state index in [2.05, 4.69) is 20.5 Å². The number of hydrogen-bond acceptors (Lipinski definition) is 6. The molecule has 29 heavy (non-hydrogen) atoms. The number of methoxy groups -OCH3 is 2. The molecule has 0 bridgehead atoms. The number of hydrogen-bond donors (Lipinski definition) is 2. The second-order valence-electron chi connectivity index (χ2n) is 6.76. The number of benzene rings is 1. The van der Waals surface area contributed by atoms with Crippen LogP contribution in [0.1, 0.15) is 11.1 Å². The van der Waals surface area contributed by atoms with Crippen LogP contribution in [0.4, 0.5) is 10.6 Å². The Morgan fingerprint density at radius 2 is 1.86 bits per heavy atom. The lowest BCUT2D eigenvalue weighted by Gasteiger charge is -2.26. The third-order valence-corrected chi connectivity index (χ3v) is 4.72. The summed E-state index contributed by atoms with van der Waals surface area (Å²) in [6, 6.07) is 9.25. The molecule has 1 fully saturated rings. The zero-order valence-electron chi connectivity index (χ0n) is 16.9. The Balaban J connectivity index is 1.42. The lowest BCUT2D eigenvalue weighted by atomic mass is 10.1. The zero-order chi connectivity index (χ0) is 20.5.